The van der Waals surface area contributed by atoms with E-state index in [2.05, 4.69) is 42.6 Å². The molecule has 29 heavy (non-hydrogen) atoms. The number of nitrogens with one attached hydrogen (secondary N) is 1. The smallest absolute Gasteiger partial charge is 0.261 e. The van der Waals surface area contributed by atoms with Gasteiger partial charge in [0.2, 0.25) is 0 Å². The molecule has 0 saturated heterocycles. The topological polar surface area (TPSA) is 38.3 Å². The molecule has 4 rings (SSSR count). The quantitative estimate of drug-likeness (QED) is 0.584. The van der Waals surface area contributed by atoms with E-state index in [1.165, 1.54) is 36.0 Å². The van der Waals surface area contributed by atoms with Gasteiger partial charge in [-0.15, -0.1) is 0 Å². The van der Waals surface area contributed by atoms with Crippen LogP contribution in [0.25, 0.3) is 10.8 Å². The van der Waals surface area contributed by atoms with Crippen LogP contribution in [0.4, 0.5) is 0 Å². The van der Waals surface area contributed by atoms with Crippen molar-refractivity contribution in [1.82, 2.24) is 5.32 Å². The van der Waals surface area contributed by atoms with Crippen LogP contribution in [0, 0.1) is 0 Å². The molecule has 3 nitrogen and oxygen atoms in total. The Labute approximate surface area is 173 Å². The second-order valence-corrected chi connectivity index (χ2v) is 7.97. The van der Waals surface area contributed by atoms with Crippen LogP contribution in [-0.2, 0) is 17.6 Å². The maximum Gasteiger partial charge on any atom is 0.261 e. The number of rotatable bonds is 6. The van der Waals surface area contributed by atoms with Crippen LogP contribution in [0.3, 0.4) is 0 Å². The van der Waals surface area contributed by atoms with E-state index in [1.54, 1.807) is 0 Å². The Balaban J connectivity index is 1.43. The Morgan fingerprint density at radius 3 is 2.52 bits per heavy atom. The van der Waals surface area contributed by atoms with Crippen LogP contribution in [-0.4, -0.2) is 12.0 Å². The summed E-state index contributed by atoms with van der Waals surface area (Å²) in [5, 5.41) is 5.45. The molecule has 3 aromatic carbocycles. The molecular weight excluding hydrogens is 358 g/mol. The highest BCUT2D eigenvalue weighted by molar-refractivity contribution is 5.84. The molecule has 0 saturated carbocycles. The van der Waals surface area contributed by atoms with Crippen molar-refractivity contribution in [3.63, 3.8) is 0 Å². The van der Waals surface area contributed by atoms with Gasteiger partial charge in [-0.1, -0.05) is 55.5 Å². The molecule has 2 atom stereocenters. The zero-order valence-corrected chi connectivity index (χ0v) is 17.3. The van der Waals surface area contributed by atoms with E-state index in [-0.39, 0.29) is 11.9 Å². The van der Waals surface area contributed by atoms with Gasteiger partial charge in [0.05, 0.1) is 6.04 Å². The lowest BCUT2D eigenvalue weighted by Gasteiger charge is -2.23. The van der Waals surface area contributed by atoms with Crippen molar-refractivity contribution in [3.8, 4) is 5.75 Å². The average Bonchev–Trinajstić information content (AvgIpc) is 2.76. The monoisotopic (exact) mass is 387 g/mol. The largest absolute Gasteiger partial charge is 0.481 e. The van der Waals surface area contributed by atoms with Crippen LogP contribution in [0.2, 0.25) is 0 Å². The SMILES string of the molecule is CC[C@@H](NC(=O)[C@@H](C)Oc1ccc2ccccc2c1)c1ccc2c(c1)CCCC2. The molecule has 0 spiro atoms. The van der Waals surface area contributed by atoms with Gasteiger partial charge in [-0.2, -0.15) is 0 Å². The number of fused-ring (bicyclic) bond motifs is 2. The van der Waals surface area contributed by atoms with Crippen molar-refractivity contribution < 1.29 is 9.53 Å². The van der Waals surface area contributed by atoms with E-state index in [0.717, 1.165) is 23.6 Å². The summed E-state index contributed by atoms with van der Waals surface area (Å²) in [6, 6.07) is 20.8. The minimum atomic E-state index is -0.553. The van der Waals surface area contributed by atoms with Crippen LogP contribution >= 0.6 is 0 Å². The second kappa shape index (κ2) is 8.69. The van der Waals surface area contributed by atoms with Gasteiger partial charge in [0.1, 0.15) is 5.75 Å². The van der Waals surface area contributed by atoms with Gasteiger partial charge >= 0.3 is 0 Å². The molecule has 1 aliphatic rings. The Hall–Kier alpha value is -2.81. The van der Waals surface area contributed by atoms with Gasteiger partial charge in [0, 0.05) is 0 Å². The van der Waals surface area contributed by atoms with Crippen molar-refractivity contribution >= 4 is 16.7 Å². The molecule has 1 N–H and O–H groups in total. The summed E-state index contributed by atoms with van der Waals surface area (Å²) in [5.41, 5.74) is 4.11. The molecule has 150 valence electrons. The van der Waals surface area contributed by atoms with E-state index in [9.17, 15) is 4.79 Å². The van der Waals surface area contributed by atoms with E-state index >= 15 is 0 Å². The second-order valence-electron chi connectivity index (χ2n) is 7.97. The van der Waals surface area contributed by atoms with Crippen molar-refractivity contribution in [1.29, 1.82) is 0 Å². The molecule has 0 heterocycles. The van der Waals surface area contributed by atoms with Crippen molar-refractivity contribution in [3.05, 3.63) is 77.4 Å². The molecular formula is C26H29NO2. The number of hydrogen-bond donors (Lipinski definition) is 1. The summed E-state index contributed by atoms with van der Waals surface area (Å²) in [6.45, 7) is 3.92. The van der Waals surface area contributed by atoms with Crippen LogP contribution in [0.1, 0.15) is 55.8 Å². The lowest BCUT2D eigenvalue weighted by molar-refractivity contribution is -0.128. The van der Waals surface area contributed by atoms with Gasteiger partial charge < -0.3 is 10.1 Å². The summed E-state index contributed by atoms with van der Waals surface area (Å²) >= 11 is 0. The minimum absolute atomic E-state index is 0.0115. The fourth-order valence-electron chi connectivity index (χ4n) is 4.18. The maximum absolute atomic E-state index is 12.8. The molecule has 0 bridgehead atoms. The predicted molar refractivity (Wildman–Crippen MR) is 118 cm³/mol. The van der Waals surface area contributed by atoms with Crippen LogP contribution in [0.5, 0.6) is 5.75 Å². The third kappa shape index (κ3) is 4.45. The Morgan fingerprint density at radius 1 is 0.966 bits per heavy atom. The third-order valence-electron chi connectivity index (χ3n) is 5.90. The number of carbonyl (C=O) groups is 1. The first-order valence-electron chi connectivity index (χ1n) is 10.7. The predicted octanol–water partition coefficient (Wildman–Crippen LogP) is 5.75. The fourth-order valence-corrected chi connectivity index (χ4v) is 4.18. The normalized spacial score (nSPS) is 15.4. The Bertz CT molecular complexity index is 1010. The average molecular weight is 388 g/mol. The molecule has 0 fully saturated rings. The highest BCUT2D eigenvalue weighted by Gasteiger charge is 2.20. The van der Waals surface area contributed by atoms with Gasteiger partial charge in [0.15, 0.2) is 6.10 Å². The molecule has 1 amide bonds. The summed E-state index contributed by atoms with van der Waals surface area (Å²) in [5.74, 6) is 0.635. The molecule has 0 unspecified atom stereocenters. The molecule has 0 aromatic heterocycles. The van der Waals surface area contributed by atoms with Crippen molar-refractivity contribution in [2.75, 3.05) is 0 Å². The van der Waals surface area contributed by atoms with Crippen LogP contribution in [0.15, 0.2) is 60.7 Å². The maximum atomic E-state index is 12.8. The van der Waals surface area contributed by atoms with E-state index in [1.807, 2.05) is 37.3 Å². The molecule has 1 aliphatic carbocycles. The molecule has 0 radical (unpaired) electrons. The van der Waals surface area contributed by atoms with E-state index in [4.69, 9.17) is 4.74 Å². The van der Waals surface area contributed by atoms with E-state index < -0.39 is 6.10 Å². The third-order valence-corrected chi connectivity index (χ3v) is 5.90. The van der Waals surface area contributed by atoms with Crippen molar-refractivity contribution in [2.24, 2.45) is 0 Å². The summed E-state index contributed by atoms with van der Waals surface area (Å²) in [7, 11) is 0. The first-order valence-corrected chi connectivity index (χ1v) is 10.7. The lowest BCUT2D eigenvalue weighted by atomic mass is 9.89. The first kappa shape index (κ1) is 19.5. The van der Waals surface area contributed by atoms with Gasteiger partial charge in [-0.25, -0.2) is 0 Å². The first-order chi connectivity index (χ1) is 14.1. The number of benzene rings is 3. The molecule has 0 aliphatic heterocycles. The van der Waals surface area contributed by atoms with E-state index in [0.29, 0.717) is 5.75 Å². The highest BCUT2D eigenvalue weighted by Crippen LogP contribution is 2.26. The lowest BCUT2D eigenvalue weighted by Crippen LogP contribution is -2.38. The minimum Gasteiger partial charge on any atom is -0.481 e. The summed E-state index contributed by atoms with van der Waals surface area (Å²) in [6.07, 6.45) is 5.17. The summed E-state index contributed by atoms with van der Waals surface area (Å²) in [4.78, 5) is 12.8. The fraction of sp³-hybridized carbons (Fsp3) is 0.346. The van der Waals surface area contributed by atoms with Crippen LogP contribution < -0.4 is 10.1 Å². The standard InChI is InChI=1S/C26H29NO2/c1-3-25(23-13-12-19-8-4-6-10-21(19)16-23)27-26(28)18(2)29-24-15-14-20-9-5-7-11-22(20)17-24/h5,7,9,11-18,25H,3-4,6,8,10H2,1-2H3,(H,27,28)/t18-,25-/m1/s1. The molecule has 3 heteroatoms. The van der Waals surface area contributed by atoms with Crippen molar-refractivity contribution in [2.45, 2.75) is 58.1 Å². The number of hydrogen-bond acceptors (Lipinski definition) is 2. The number of ether oxygens (including phenoxy) is 1. The zero-order chi connectivity index (χ0) is 20.2. The Kier molecular flexibility index (Phi) is 5.84. The Morgan fingerprint density at radius 2 is 1.72 bits per heavy atom. The number of carbonyl (C=O) groups excluding carboxylic acids is 1. The zero-order valence-electron chi connectivity index (χ0n) is 17.3. The van der Waals surface area contributed by atoms with Gasteiger partial charge in [-0.05, 0) is 78.6 Å². The number of aryl methyl sites for hydroxylation is 2. The summed E-state index contributed by atoms with van der Waals surface area (Å²) < 4.78 is 5.94. The van der Waals surface area contributed by atoms with Gasteiger partial charge in [-0.3, -0.25) is 4.79 Å². The molecule has 3 aromatic rings. The van der Waals surface area contributed by atoms with Gasteiger partial charge in [0.25, 0.3) is 5.91 Å². The number of amides is 1. The highest BCUT2D eigenvalue weighted by atomic mass is 16.5.